The van der Waals surface area contributed by atoms with Gasteiger partial charge in [-0.2, -0.15) is 10.2 Å². The molecule has 4 aromatic rings. The normalized spacial score (nSPS) is 15.0. The van der Waals surface area contributed by atoms with Gasteiger partial charge in [-0.1, -0.05) is 19.9 Å². The van der Waals surface area contributed by atoms with Crippen LogP contribution in [0.15, 0.2) is 36.9 Å². The molecule has 0 radical (unpaired) electrons. The van der Waals surface area contributed by atoms with E-state index in [1.54, 1.807) is 16.5 Å². The molecule has 0 spiro atoms. The van der Waals surface area contributed by atoms with Crippen LogP contribution in [0.1, 0.15) is 49.7 Å². The number of ether oxygens (including phenoxy) is 1. The summed E-state index contributed by atoms with van der Waals surface area (Å²) in [6, 6.07) is 6.22. The maximum Gasteiger partial charge on any atom is 0.236 e. The number of nitrogens with zero attached hydrogens (tertiary/aromatic N) is 7. The lowest BCUT2D eigenvalue weighted by Gasteiger charge is -2.32. The van der Waals surface area contributed by atoms with Gasteiger partial charge in [0, 0.05) is 37.6 Å². The molecular formula is C27H34N8O2. The van der Waals surface area contributed by atoms with Gasteiger partial charge in [-0.3, -0.25) is 19.8 Å². The van der Waals surface area contributed by atoms with Crippen LogP contribution in [0.2, 0.25) is 0 Å². The third-order valence-corrected chi connectivity index (χ3v) is 7.18. The highest BCUT2D eigenvalue weighted by Crippen LogP contribution is 2.37. The molecule has 0 aliphatic carbocycles. The van der Waals surface area contributed by atoms with Crippen molar-refractivity contribution in [1.29, 1.82) is 0 Å². The number of H-pyrrole nitrogens is 1. The van der Waals surface area contributed by atoms with Gasteiger partial charge in [-0.05, 0) is 55.5 Å². The van der Waals surface area contributed by atoms with Crippen LogP contribution < -0.4 is 4.74 Å². The summed E-state index contributed by atoms with van der Waals surface area (Å²) in [4.78, 5) is 25.0. The van der Waals surface area contributed by atoms with Crippen molar-refractivity contribution in [3.63, 3.8) is 0 Å². The first-order chi connectivity index (χ1) is 17.9. The molecule has 1 aliphatic heterocycles. The Balaban J connectivity index is 1.37. The topological polar surface area (TPSA) is 105 Å². The van der Waals surface area contributed by atoms with Gasteiger partial charge in [-0.15, -0.1) is 0 Å². The van der Waals surface area contributed by atoms with Crippen molar-refractivity contribution < 1.29 is 9.53 Å². The van der Waals surface area contributed by atoms with Gasteiger partial charge < -0.3 is 9.64 Å². The number of carbonyl (C=O) groups excluding carboxylic acids is 1. The van der Waals surface area contributed by atoms with E-state index in [2.05, 4.69) is 51.2 Å². The van der Waals surface area contributed by atoms with Gasteiger partial charge in [-0.25, -0.2) is 9.50 Å². The molecule has 1 amide bonds. The minimum absolute atomic E-state index is 0.156. The monoisotopic (exact) mass is 502 g/mol. The molecule has 194 valence electrons. The quantitative estimate of drug-likeness (QED) is 0.412. The van der Waals surface area contributed by atoms with E-state index in [-0.39, 0.29) is 11.8 Å². The van der Waals surface area contributed by atoms with Crippen LogP contribution in [0.4, 0.5) is 0 Å². The molecule has 0 unspecified atom stereocenters. The summed E-state index contributed by atoms with van der Waals surface area (Å²) in [5, 5.41) is 12.2. The minimum Gasteiger partial charge on any atom is -0.493 e. The summed E-state index contributed by atoms with van der Waals surface area (Å²) in [7, 11) is 5.25. The third kappa shape index (κ3) is 4.93. The summed E-state index contributed by atoms with van der Waals surface area (Å²) in [5.41, 5.74) is 6.55. The van der Waals surface area contributed by atoms with E-state index in [0.717, 1.165) is 54.1 Å². The molecule has 4 aromatic heterocycles. The van der Waals surface area contributed by atoms with Crippen molar-refractivity contribution in [1.82, 2.24) is 39.6 Å². The highest BCUT2D eigenvalue weighted by Gasteiger charge is 2.24. The molecule has 0 bridgehead atoms. The first kappa shape index (κ1) is 24.9. The van der Waals surface area contributed by atoms with Gasteiger partial charge in [0.05, 0.1) is 30.7 Å². The SMILES string of the molecule is COc1cc(-c2n[nH]c(-c3ccc(C4CCN(CC(=O)N(C)C)CC4)cn3)c2C(C)C)cn2ncnc12. The molecule has 0 aromatic carbocycles. The van der Waals surface area contributed by atoms with Crippen LogP contribution in [0.3, 0.4) is 0 Å². The summed E-state index contributed by atoms with van der Waals surface area (Å²) < 4.78 is 7.26. The number of hydrogen-bond donors (Lipinski definition) is 1. The number of piperidine rings is 1. The Labute approximate surface area is 216 Å². The molecule has 1 saturated heterocycles. The van der Waals surface area contributed by atoms with E-state index in [9.17, 15) is 4.79 Å². The predicted octanol–water partition coefficient (Wildman–Crippen LogP) is 3.58. The first-order valence-electron chi connectivity index (χ1n) is 12.7. The van der Waals surface area contributed by atoms with Gasteiger partial charge in [0.25, 0.3) is 0 Å². The van der Waals surface area contributed by atoms with E-state index < -0.39 is 0 Å². The van der Waals surface area contributed by atoms with Crippen LogP contribution in [-0.2, 0) is 4.79 Å². The van der Waals surface area contributed by atoms with Crippen molar-refractivity contribution in [3.8, 4) is 28.4 Å². The second-order valence-electron chi connectivity index (χ2n) is 10.2. The van der Waals surface area contributed by atoms with Gasteiger partial charge in [0.15, 0.2) is 11.4 Å². The van der Waals surface area contributed by atoms with Gasteiger partial charge in [0.2, 0.25) is 5.91 Å². The zero-order valence-electron chi connectivity index (χ0n) is 22.1. The van der Waals surface area contributed by atoms with Crippen molar-refractivity contribution in [2.45, 2.75) is 38.5 Å². The van der Waals surface area contributed by atoms with E-state index in [4.69, 9.17) is 9.72 Å². The van der Waals surface area contributed by atoms with Crippen molar-refractivity contribution >= 4 is 11.6 Å². The molecule has 5 heterocycles. The first-order valence-corrected chi connectivity index (χ1v) is 12.7. The molecule has 10 nitrogen and oxygen atoms in total. The van der Waals surface area contributed by atoms with Crippen molar-refractivity contribution in [2.24, 2.45) is 0 Å². The Kier molecular flexibility index (Phi) is 6.92. The predicted molar refractivity (Wildman–Crippen MR) is 142 cm³/mol. The van der Waals surface area contributed by atoms with Crippen LogP contribution in [0.5, 0.6) is 5.75 Å². The number of amides is 1. The maximum atomic E-state index is 12.0. The lowest BCUT2D eigenvalue weighted by Crippen LogP contribution is -2.40. The fraction of sp³-hybridized carbons (Fsp3) is 0.444. The standard InChI is InChI=1S/C27H34N8O2/c1-17(2)24-25(20-12-22(37-5)27-29-16-30-35(27)14-20)31-32-26(24)21-7-6-19(13-28-21)18-8-10-34(11-9-18)15-23(36)33(3)4/h6-7,12-14,16-18H,8-11,15H2,1-5H3,(H,31,32). The fourth-order valence-electron chi connectivity index (χ4n) is 5.06. The van der Waals surface area contributed by atoms with Gasteiger partial charge >= 0.3 is 0 Å². The average Bonchev–Trinajstić information content (AvgIpc) is 3.56. The number of likely N-dealkylation sites (tertiary alicyclic amines) is 1. The highest BCUT2D eigenvalue weighted by atomic mass is 16.5. The third-order valence-electron chi connectivity index (χ3n) is 7.18. The molecule has 0 atom stereocenters. The molecule has 1 aliphatic rings. The van der Waals surface area contributed by atoms with E-state index in [0.29, 0.717) is 23.9 Å². The molecule has 37 heavy (non-hydrogen) atoms. The zero-order chi connectivity index (χ0) is 26.1. The number of likely N-dealkylation sites (N-methyl/N-ethyl adjacent to an activating group) is 1. The molecule has 1 N–H and O–H groups in total. The summed E-state index contributed by atoms with van der Waals surface area (Å²) in [5.74, 6) is 1.48. The molecule has 5 rings (SSSR count). The maximum absolute atomic E-state index is 12.0. The summed E-state index contributed by atoms with van der Waals surface area (Å²) in [6.45, 7) is 6.66. The molecule has 10 heteroatoms. The summed E-state index contributed by atoms with van der Waals surface area (Å²) in [6.07, 6.45) is 7.49. The lowest BCUT2D eigenvalue weighted by atomic mass is 9.90. The molecule has 1 fully saturated rings. The largest absolute Gasteiger partial charge is 0.493 e. The number of aromatic amines is 1. The van der Waals surface area contributed by atoms with Crippen LogP contribution in [-0.4, -0.2) is 86.3 Å². The number of methoxy groups -OCH3 is 1. The number of nitrogens with one attached hydrogen (secondary N) is 1. The summed E-state index contributed by atoms with van der Waals surface area (Å²) >= 11 is 0. The Hall–Kier alpha value is -3.79. The van der Waals surface area contributed by atoms with Crippen LogP contribution >= 0.6 is 0 Å². The van der Waals surface area contributed by atoms with Crippen LogP contribution in [0, 0.1) is 0 Å². The second kappa shape index (κ2) is 10.3. The van der Waals surface area contributed by atoms with Crippen molar-refractivity contribution in [3.05, 3.63) is 48.0 Å². The van der Waals surface area contributed by atoms with E-state index >= 15 is 0 Å². The van der Waals surface area contributed by atoms with Gasteiger partial charge in [0.1, 0.15) is 6.33 Å². The fourth-order valence-corrected chi connectivity index (χ4v) is 5.06. The van der Waals surface area contributed by atoms with Crippen molar-refractivity contribution in [2.75, 3.05) is 40.8 Å². The number of hydrogen-bond acceptors (Lipinski definition) is 7. The number of carbonyl (C=O) groups is 1. The Morgan fingerprint density at radius 1 is 1.22 bits per heavy atom. The van der Waals surface area contributed by atoms with E-state index in [1.165, 1.54) is 11.9 Å². The average molecular weight is 503 g/mol. The zero-order valence-corrected chi connectivity index (χ0v) is 22.1. The lowest BCUT2D eigenvalue weighted by molar-refractivity contribution is -0.130. The number of fused-ring (bicyclic) bond motifs is 1. The number of rotatable bonds is 7. The molecular weight excluding hydrogens is 468 g/mol. The molecule has 0 saturated carbocycles. The highest BCUT2D eigenvalue weighted by molar-refractivity contribution is 5.77. The van der Waals surface area contributed by atoms with Crippen LogP contribution in [0.25, 0.3) is 28.3 Å². The Morgan fingerprint density at radius 2 is 2.00 bits per heavy atom. The smallest absolute Gasteiger partial charge is 0.236 e. The number of aromatic nitrogens is 6. The minimum atomic E-state index is 0.156. The Bertz CT molecular complexity index is 1380. The van der Waals surface area contributed by atoms with E-state index in [1.807, 2.05) is 32.6 Å². The second-order valence-corrected chi connectivity index (χ2v) is 10.2. The number of pyridine rings is 2. The Morgan fingerprint density at radius 3 is 2.65 bits per heavy atom.